The molecule has 0 aliphatic carbocycles. The standard InChI is InChI=1S/C15H22N2OS2/c1-10(9-19-3)17-14(16-11(2)15(17)18)12-5-7-13(20-4)8-6-12/h5-8,10-11,14,16H,9H2,1-4H3. The van der Waals surface area contributed by atoms with Crippen LogP contribution in [0.3, 0.4) is 0 Å². The smallest absolute Gasteiger partial charge is 0.241 e. The molecule has 110 valence electrons. The number of hydrogen-bond donors (Lipinski definition) is 1. The molecule has 1 amide bonds. The van der Waals surface area contributed by atoms with Crippen molar-refractivity contribution in [3.05, 3.63) is 29.8 Å². The molecule has 1 N–H and O–H groups in total. The van der Waals surface area contributed by atoms with E-state index in [1.54, 1.807) is 23.5 Å². The lowest BCUT2D eigenvalue weighted by atomic mass is 10.1. The molecule has 3 atom stereocenters. The predicted octanol–water partition coefficient (Wildman–Crippen LogP) is 2.98. The van der Waals surface area contributed by atoms with Crippen LogP contribution >= 0.6 is 23.5 Å². The summed E-state index contributed by atoms with van der Waals surface area (Å²) in [6, 6.07) is 8.60. The highest BCUT2D eigenvalue weighted by molar-refractivity contribution is 7.98. The van der Waals surface area contributed by atoms with Crippen LogP contribution < -0.4 is 5.32 Å². The van der Waals surface area contributed by atoms with Crippen LogP contribution in [0.5, 0.6) is 0 Å². The monoisotopic (exact) mass is 310 g/mol. The van der Waals surface area contributed by atoms with Crippen LogP contribution in [0.4, 0.5) is 0 Å². The number of rotatable bonds is 5. The second-order valence-corrected chi connectivity index (χ2v) is 6.90. The highest BCUT2D eigenvalue weighted by atomic mass is 32.2. The molecule has 3 unspecified atom stereocenters. The molecule has 1 heterocycles. The van der Waals surface area contributed by atoms with Gasteiger partial charge in [-0.15, -0.1) is 11.8 Å². The maximum Gasteiger partial charge on any atom is 0.241 e. The van der Waals surface area contributed by atoms with E-state index in [9.17, 15) is 4.79 Å². The zero-order valence-corrected chi connectivity index (χ0v) is 14.1. The van der Waals surface area contributed by atoms with Crippen molar-refractivity contribution in [1.82, 2.24) is 10.2 Å². The van der Waals surface area contributed by atoms with Gasteiger partial charge >= 0.3 is 0 Å². The van der Waals surface area contributed by atoms with Crippen LogP contribution in [0.2, 0.25) is 0 Å². The van der Waals surface area contributed by atoms with Gasteiger partial charge in [0.05, 0.1) is 6.04 Å². The molecule has 5 heteroatoms. The fraction of sp³-hybridized carbons (Fsp3) is 0.533. The molecule has 1 aliphatic rings. The van der Waals surface area contributed by atoms with E-state index in [-0.39, 0.29) is 24.2 Å². The number of thioether (sulfide) groups is 2. The minimum Gasteiger partial charge on any atom is -0.318 e. The normalized spacial score (nSPS) is 24.2. The summed E-state index contributed by atoms with van der Waals surface area (Å²) in [5.41, 5.74) is 1.16. The molecule has 0 spiro atoms. The first-order valence-electron chi connectivity index (χ1n) is 6.79. The zero-order chi connectivity index (χ0) is 14.7. The van der Waals surface area contributed by atoms with Crippen molar-refractivity contribution in [2.24, 2.45) is 0 Å². The van der Waals surface area contributed by atoms with Crippen molar-refractivity contribution < 1.29 is 4.79 Å². The first-order valence-corrected chi connectivity index (χ1v) is 9.41. The predicted molar refractivity (Wildman–Crippen MR) is 88.3 cm³/mol. The van der Waals surface area contributed by atoms with Crippen LogP contribution in [0.1, 0.15) is 25.6 Å². The molecule has 2 rings (SSSR count). The van der Waals surface area contributed by atoms with E-state index < -0.39 is 0 Å². The maximum atomic E-state index is 12.4. The van der Waals surface area contributed by atoms with Gasteiger partial charge in [-0.2, -0.15) is 11.8 Å². The first-order chi connectivity index (χ1) is 9.58. The Morgan fingerprint density at radius 2 is 1.95 bits per heavy atom. The lowest BCUT2D eigenvalue weighted by molar-refractivity contribution is -0.131. The molecular formula is C15H22N2OS2. The van der Waals surface area contributed by atoms with Crippen molar-refractivity contribution in [2.45, 2.75) is 37.0 Å². The zero-order valence-electron chi connectivity index (χ0n) is 12.4. The molecule has 0 saturated carbocycles. The largest absolute Gasteiger partial charge is 0.318 e. The molecule has 0 radical (unpaired) electrons. The summed E-state index contributed by atoms with van der Waals surface area (Å²) in [7, 11) is 0. The van der Waals surface area contributed by atoms with E-state index in [1.165, 1.54) is 4.90 Å². The summed E-state index contributed by atoms with van der Waals surface area (Å²) in [6.45, 7) is 4.06. The summed E-state index contributed by atoms with van der Waals surface area (Å²) in [6.07, 6.45) is 4.15. The summed E-state index contributed by atoms with van der Waals surface area (Å²) in [5, 5.41) is 3.41. The third-order valence-corrected chi connectivity index (χ3v) is 5.18. The first kappa shape index (κ1) is 15.7. The molecule has 20 heavy (non-hydrogen) atoms. The van der Waals surface area contributed by atoms with Gasteiger partial charge in [0, 0.05) is 16.7 Å². The number of hydrogen-bond acceptors (Lipinski definition) is 4. The molecule has 1 aliphatic heterocycles. The van der Waals surface area contributed by atoms with Gasteiger partial charge in [-0.1, -0.05) is 12.1 Å². The minimum atomic E-state index is -0.107. The molecule has 0 bridgehead atoms. The number of carbonyl (C=O) groups excluding carboxylic acids is 1. The molecule has 1 fully saturated rings. The van der Waals surface area contributed by atoms with Gasteiger partial charge in [0.1, 0.15) is 6.17 Å². The Balaban J connectivity index is 2.24. The summed E-state index contributed by atoms with van der Waals surface area (Å²) in [4.78, 5) is 15.6. The van der Waals surface area contributed by atoms with Crippen LogP contribution in [-0.2, 0) is 4.79 Å². The Morgan fingerprint density at radius 3 is 2.50 bits per heavy atom. The lowest BCUT2D eigenvalue weighted by Crippen LogP contribution is -2.39. The van der Waals surface area contributed by atoms with Gasteiger partial charge in [-0.3, -0.25) is 10.1 Å². The maximum absolute atomic E-state index is 12.4. The average Bonchev–Trinajstić information content (AvgIpc) is 2.75. The number of amides is 1. The topological polar surface area (TPSA) is 32.3 Å². The SMILES string of the molecule is CSCC(C)N1C(=O)C(C)NC1c1ccc(SC)cc1. The quantitative estimate of drug-likeness (QED) is 0.848. The highest BCUT2D eigenvalue weighted by Crippen LogP contribution is 2.29. The Bertz CT molecular complexity index is 463. The third-order valence-electron chi connectivity index (χ3n) is 3.63. The van der Waals surface area contributed by atoms with Crippen LogP contribution in [0.15, 0.2) is 29.2 Å². The number of benzene rings is 1. The Labute approximate surface area is 129 Å². The fourth-order valence-corrected chi connectivity index (χ4v) is 3.63. The van der Waals surface area contributed by atoms with E-state index in [0.717, 1.165) is 11.3 Å². The van der Waals surface area contributed by atoms with Crippen molar-refractivity contribution in [3.8, 4) is 0 Å². The van der Waals surface area contributed by atoms with Crippen LogP contribution in [0.25, 0.3) is 0 Å². The molecule has 3 nitrogen and oxygen atoms in total. The Hall–Kier alpha value is -0.650. The third kappa shape index (κ3) is 3.15. The molecular weight excluding hydrogens is 288 g/mol. The van der Waals surface area contributed by atoms with Gasteiger partial charge in [-0.25, -0.2) is 0 Å². The van der Waals surface area contributed by atoms with Crippen molar-refractivity contribution in [1.29, 1.82) is 0 Å². The molecule has 1 aromatic rings. The number of carbonyl (C=O) groups is 1. The molecule has 1 aromatic carbocycles. The highest BCUT2D eigenvalue weighted by Gasteiger charge is 2.39. The number of nitrogens with one attached hydrogen (secondary N) is 1. The van der Waals surface area contributed by atoms with Crippen molar-refractivity contribution in [3.63, 3.8) is 0 Å². The van der Waals surface area contributed by atoms with Crippen LogP contribution in [0, 0.1) is 0 Å². The fourth-order valence-electron chi connectivity index (χ4n) is 2.58. The second-order valence-electron chi connectivity index (χ2n) is 5.11. The van der Waals surface area contributed by atoms with Gasteiger partial charge in [0.25, 0.3) is 0 Å². The van der Waals surface area contributed by atoms with E-state index in [2.05, 4.69) is 49.0 Å². The van der Waals surface area contributed by atoms with E-state index >= 15 is 0 Å². The van der Waals surface area contributed by atoms with Crippen LogP contribution in [-0.4, -0.2) is 41.2 Å². The second kappa shape index (κ2) is 6.87. The van der Waals surface area contributed by atoms with Crippen molar-refractivity contribution in [2.75, 3.05) is 18.3 Å². The van der Waals surface area contributed by atoms with E-state index in [0.29, 0.717) is 0 Å². The Kier molecular flexibility index (Phi) is 5.41. The molecule has 0 aromatic heterocycles. The summed E-state index contributed by atoms with van der Waals surface area (Å²) < 4.78 is 0. The minimum absolute atomic E-state index is 0.00411. The van der Waals surface area contributed by atoms with Gasteiger partial charge < -0.3 is 4.90 Å². The molecule has 1 saturated heterocycles. The average molecular weight is 310 g/mol. The Morgan fingerprint density at radius 1 is 1.30 bits per heavy atom. The van der Waals surface area contributed by atoms with Crippen molar-refractivity contribution >= 4 is 29.4 Å². The van der Waals surface area contributed by atoms with Gasteiger partial charge in [-0.05, 0) is 44.1 Å². The lowest BCUT2D eigenvalue weighted by Gasteiger charge is -2.30. The van der Waals surface area contributed by atoms with Gasteiger partial charge in [0.15, 0.2) is 0 Å². The number of nitrogens with zero attached hydrogens (tertiary/aromatic N) is 1. The summed E-state index contributed by atoms with van der Waals surface area (Å²) in [5.74, 6) is 1.16. The van der Waals surface area contributed by atoms with E-state index in [4.69, 9.17) is 0 Å². The van der Waals surface area contributed by atoms with Gasteiger partial charge in [0.2, 0.25) is 5.91 Å². The summed E-state index contributed by atoms with van der Waals surface area (Å²) >= 11 is 3.51. The van der Waals surface area contributed by atoms with E-state index in [1.807, 2.05) is 11.8 Å².